The van der Waals surface area contributed by atoms with Crippen LogP contribution in [0.3, 0.4) is 0 Å². The van der Waals surface area contributed by atoms with Gasteiger partial charge in [0.05, 0.1) is 0 Å². The van der Waals surface area contributed by atoms with Crippen molar-refractivity contribution in [2.45, 2.75) is 57.2 Å². The first-order valence-corrected chi connectivity index (χ1v) is 7.85. The Hall–Kier alpha value is -2.05. The van der Waals surface area contributed by atoms with Crippen molar-refractivity contribution in [3.05, 3.63) is 12.7 Å². The first-order valence-electron chi connectivity index (χ1n) is 7.85. The molecular weight excluding hydrogens is 298 g/mol. The van der Waals surface area contributed by atoms with E-state index in [4.69, 9.17) is 10.5 Å². The molecule has 0 unspecified atom stereocenters. The number of nitrogens with one attached hydrogen (secondary N) is 1. The van der Waals surface area contributed by atoms with Crippen LogP contribution < -0.4 is 11.1 Å². The van der Waals surface area contributed by atoms with Gasteiger partial charge in [0.15, 0.2) is 0 Å². The van der Waals surface area contributed by atoms with Gasteiger partial charge < -0.3 is 15.8 Å². The molecule has 0 radical (unpaired) electrons. The number of nitrogens with two attached hydrogens (primary N) is 1. The molecule has 3 amide bonds. The molecule has 2 rings (SSSR count). The van der Waals surface area contributed by atoms with Gasteiger partial charge in [0, 0.05) is 12.5 Å². The largest absolute Gasteiger partial charge is 0.444 e. The molecule has 1 heterocycles. The van der Waals surface area contributed by atoms with E-state index in [1.165, 1.54) is 4.90 Å². The lowest BCUT2D eigenvalue weighted by Gasteiger charge is -2.29. The van der Waals surface area contributed by atoms with E-state index in [1.54, 1.807) is 26.8 Å². The average Bonchev–Trinajstić information content (AvgIpc) is 2.92. The minimum Gasteiger partial charge on any atom is -0.444 e. The predicted octanol–water partition coefficient (Wildman–Crippen LogP) is 0.932. The maximum atomic E-state index is 12.5. The van der Waals surface area contributed by atoms with E-state index in [2.05, 4.69) is 11.9 Å². The van der Waals surface area contributed by atoms with Crippen molar-refractivity contribution < 1.29 is 19.1 Å². The van der Waals surface area contributed by atoms with Crippen molar-refractivity contribution in [1.29, 1.82) is 0 Å². The van der Waals surface area contributed by atoms with Gasteiger partial charge in [-0.05, 0) is 40.0 Å². The zero-order valence-electron chi connectivity index (χ0n) is 13.9. The number of carbonyl (C=O) groups excluding carboxylic acids is 3. The Morgan fingerprint density at radius 3 is 2.52 bits per heavy atom. The number of ether oxygens (including phenoxy) is 1. The van der Waals surface area contributed by atoms with E-state index in [9.17, 15) is 14.4 Å². The first-order chi connectivity index (χ1) is 10.6. The second-order valence-electron chi connectivity index (χ2n) is 7.20. The fraction of sp³-hybridized carbons (Fsp3) is 0.688. The highest BCUT2D eigenvalue weighted by atomic mass is 16.6. The van der Waals surface area contributed by atoms with Gasteiger partial charge >= 0.3 is 6.09 Å². The summed E-state index contributed by atoms with van der Waals surface area (Å²) in [5.74, 6) is -1.09. The highest BCUT2D eigenvalue weighted by Gasteiger charge is 2.59. The van der Waals surface area contributed by atoms with Gasteiger partial charge in [-0.2, -0.15) is 0 Å². The Balaban J connectivity index is 2.05. The van der Waals surface area contributed by atoms with Gasteiger partial charge in [-0.1, -0.05) is 6.08 Å². The second-order valence-corrected chi connectivity index (χ2v) is 7.20. The van der Waals surface area contributed by atoms with Crippen molar-refractivity contribution in [3.63, 3.8) is 0 Å². The number of nitrogens with zero attached hydrogens (tertiary/aromatic N) is 1. The Morgan fingerprint density at radius 2 is 2.04 bits per heavy atom. The molecule has 0 aromatic rings. The number of primary amides is 1. The van der Waals surface area contributed by atoms with Gasteiger partial charge in [0.1, 0.15) is 17.2 Å². The van der Waals surface area contributed by atoms with Crippen LogP contribution in [0.4, 0.5) is 4.79 Å². The first kappa shape index (κ1) is 17.3. The lowest BCUT2D eigenvalue weighted by atomic mass is 10.1. The summed E-state index contributed by atoms with van der Waals surface area (Å²) >= 11 is 0. The predicted molar refractivity (Wildman–Crippen MR) is 84.3 cm³/mol. The third-order valence-corrected chi connectivity index (χ3v) is 4.27. The lowest BCUT2D eigenvalue weighted by molar-refractivity contribution is -0.131. The van der Waals surface area contributed by atoms with E-state index in [1.807, 2.05) is 0 Å². The molecule has 128 valence electrons. The van der Waals surface area contributed by atoms with Crippen molar-refractivity contribution in [2.24, 2.45) is 11.7 Å². The van der Waals surface area contributed by atoms with Gasteiger partial charge in [-0.25, -0.2) is 4.79 Å². The van der Waals surface area contributed by atoms with Crippen LogP contribution in [-0.2, 0) is 14.3 Å². The summed E-state index contributed by atoms with van der Waals surface area (Å²) in [6.07, 6.45) is 2.81. The highest BCUT2D eigenvalue weighted by molar-refractivity contribution is 5.96. The number of likely N-dealkylation sites (tertiary alicyclic amines) is 1. The third-order valence-electron chi connectivity index (χ3n) is 4.27. The summed E-state index contributed by atoms with van der Waals surface area (Å²) in [5, 5.41) is 2.72. The number of rotatable bonds is 4. The second kappa shape index (κ2) is 5.86. The van der Waals surface area contributed by atoms with Crippen LogP contribution in [0.15, 0.2) is 12.7 Å². The smallest absolute Gasteiger partial charge is 0.410 e. The maximum Gasteiger partial charge on any atom is 0.410 e. The minimum absolute atomic E-state index is 0.152. The zero-order valence-corrected chi connectivity index (χ0v) is 13.9. The standard InChI is InChI=1S/C16H25N3O4/c1-5-10-9-16(10,13(17)21)18-12(20)11-7-6-8-19(11)14(22)23-15(2,3)4/h5,10-11H,1,6-9H2,2-4H3,(H2,17,21)(H,18,20)/t10-,11+,16-/m1/s1. The summed E-state index contributed by atoms with van der Waals surface area (Å²) in [5.41, 5.74) is 3.74. The van der Waals surface area contributed by atoms with Crippen LogP contribution in [0, 0.1) is 5.92 Å². The van der Waals surface area contributed by atoms with Crippen molar-refractivity contribution in [3.8, 4) is 0 Å². The molecule has 3 atom stereocenters. The molecule has 3 N–H and O–H groups in total. The molecule has 1 saturated heterocycles. The molecule has 2 fully saturated rings. The molecule has 0 aromatic heterocycles. The van der Waals surface area contributed by atoms with Crippen molar-refractivity contribution >= 4 is 17.9 Å². The number of amides is 3. The fourth-order valence-electron chi connectivity index (χ4n) is 2.94. The zero-order chi connectivity index (χ0) is 17.4. The molecule has 7 heteroatoms. The third kappa shape index (κ3) is 3.48. The summed E-state index contributed by atoms with van der Waals surface area (Å²) in [6, 6.07) is -0.632. The molecular formula is C16H25N3O4. The molecule has 0 bridgehead atoms. The van der Waals surface area contributed by atoms with Gasteiger partial charge in [0.25, 0.3) is 0 Å². The minimum atomic E-state index is -1.05. The van der Waals surface area contributed by atoms with Crippen LogP contribution in [0.25, 0.3) is 0 Å². The monoisotopic (exact) mass is 323 g/mol. The fourth-order valence-corrected chi connectivity index (χ4v) is 2.94. The maximum absolute atomic E-state index is 12.5. The molecule has 1 saturated carbocycles. The summed E-state index contributed by atoms with van der Waals surface area (Å²) in [4.78, 5) is 37.9. The van der Waals surface area contributed by atoms with E-state index in [0.717, 1.165) is 0 Å². The van der Waals surface area contributed by atoms with Crippen LogP contribution in [0.1, 0.15) is 40.0 Å². The quantitative estimate of drug-likeness (QED) is 0.751. The lowest BCUT2D eigenvalue weighted by Crippen LogP contribution is -2.55. The van der Waals surface area contributed by atoms with Crippen molar-refractivity contribution in [2.75, 3.05) is 6.54 Å². The molecule has 7 nitrogen and oxygen atoms in total. The van der Waals surface area contributed by atoms with E-state index < -0.39 is 29.2 Å². The SMILES string of the molecule is C=C[C@@H]1C[C@]1(NC(=O)[C@@H]1CCCN1C(=O)OC(C)(C)C)C(N)=O. The molecule has 1 aliphatic heterocycles. The van der Waals surface area contributed by atoms with Gasteiger partial charge in [0.2, 0.25) is 11.8 Å². The molecule has 0 aromatic carbocycles. The molecule has 23 heavy (non-hydrogen) atoms. The van der Waals surface area contributed by atoms with Crippen LogP contribution in [-0.4, -0.2) is 46.5 Å². The van der Waals surface area contributed by atoms with E-state index in [0.29, 0.717) is 25.8 Å². The Labute approximate surface area is 136 Å². The Morgan fingerprint density at radius 1 is 1.39 bits per heavy atom. The van der Waals surface area contributed by atoms with Crippen LogP contribution >= 0.6 is 0 Å². The summed E-state index contributed by atoms with van der Waals surface area (Å²) < 4.78 is 5.34. The van der Waals surface area contributed by atoms with E-state index >= 15 is 0 Å². The molecule has 1 aliphatic carbocycles. The topological polar surface area (TPSA) is 102 Å². The van der Waals surface area contributed by atoms with Gasteiger partial charge in [-0.15, -0.1) is 6.58 Å². The Bertz CT molecular complexity index is 540. The normalized spacial score (nSPS) is 29.8. The highest BCUT2D eigenvalue weighted by Crippen LogP contribution is 2.44. The molecule has 0 spiro atoms. The number of hydrogen-bond donors (Lipinski definition) is 2. The van der Waals surface area contributed by atoms with Crippen LogP contribution in [0.2, 0.25) is 0 Å². The Kier molecular flexibility index (Phi) is 4.41. The average molecular weight is 323 g/mol. The summed E-state index contributed by atoms with van der Waals surface area (Å²) in [7, 11) is 0. The summed E-state index contributed by atoms with van der Waals surface area (Å²) in [6.45, 7) is 9.43. The number of carbonyl (C=O) groups is 3. The number of hydrogen-bond acceptors (Lipinski definition) is 4. The van der Waals surface area contributed by atoms with Crippen molar-refractivity contribution in [1.82, 2.24) is 10.2 Å². The van der Waals surface area contributed by atoms with Gasteiger partial charge in [-0.3, -0.25) is 14.5 Å². The van der Waals surface area contributed by atoms with E-state index in [-0.39, 0.29) is 11.8 Å². The molecule has 2 aliphatic rings. The van der Waals surface area contributed by atoms with Crippen LogP contribution in [0.5, 0.6) is 0 Å².